The lowest BCUT2D eigenvalue weighted by molar-refractivity contribution is -0.132. The number of aryl methyl sites for hydroxylation is 1. The number of rotatable bonds is 4. The summed E-state index contributed by atoms with van der Waals surface area (Å²) in [6, 6.07) is 0. The minimum atomic E-state index is -4.54. The lowest BCUT2D eigenvalue weighted by Crippen LogP contribution is -2.40. The maximum absolute atomic E-state index is 12.7. The van der Waals surface area contributed by atoms with Crippen molar-refractivity contribution in [3.63, 3.8) is 0 Å². The second-order valence-electron chi connectivity index (χ2n) is 5.34. The summed E-state index contributed by atoms with van der Waals surface area (Å²) in [7, 11) is -3.17. The van der Waals surface area contributed by atoms with Crippen molar-refractivity contribution in [2.45, 2.75) is 25.9 Å². The Morgan fingerprint density at radius 2 is 2.18 bits per heavy atom. The van der Waals surface area contributed by atoms with Crippen molar-refractivity contribution in [1.82, 2.24) is 4.98 Å². The van der Waals surface area contributed by atoms with Crippen LogP contribution < -0.4 is 4.90 Å². The van der Waals surface area contributed by atoms with E-state index in [-0.39, 0.29) is 23.1 Å². The fraction of sp³-hybridized carbons (Fsp3) is 0.667. The zero-order valence-corrected chi connectivity index (χ0v) is 13.4. The van der Waals surface area contributed by atoms with Crippen LogP contribution in [0, 0.1) is 12.8 Å². The highest BCUT2D eigenvalue weighted by atomic mass is 32.2. The van der Waals surface area contributed by atoms with Gasteiger partial charge in [0.25, 0.3) is 0 Å². The van der Waals surface area contributed by atoms with Crippen molar-refractivity contribution in [1.29, 1.82) is 0 Å². The summed E-state index contributed by atoms with van der Waals surface area (Å²) < 4.78 is 60.8. The first kappa shape index (κ1) is 17.2. The van der Waals surface area contributed by atoms with Crippen LogP contribution in [0.3, 0.4) is 0 Å². The summed E-state index contributed by atoms with van der Waals surface area (Å²) in [5.41, 5.74) is 0.531. The standard InChI is InChI=1S/C12H15F3N2O3S2/c1-8-5-21-11(16-8)17(7-12(13,14)15)10(18)4-9-2-3-22(19,20)6-9/h5,9H,2-4,6-7H2,1H3. The van der Waals surface area contributed by atoms with E-state index in [1.165, 1.54) is 0 Å². The van der Waals surface area contributed by atoms with Crippen LogP contribution in [0.4, 0.5) is 18.3 Å². The number of hydrogen-bond donors (Lipinski definition) is 0. The van der Waals surface area contributed by atoms with Crippen LogP contribution in [-0.2, 0) is 14.6 Å². The molecule has 2 rings (SSSR count). The van der Waals surface area contributed by atoms with Crippen LogP contribution in [0.1, 0.15) is 18.5 Å². The molecule has 22 heavy (non-hydrogen) atoms. The van der Waals surface area contributed by atoms with E-state index >= 15 is 0 Å². The van der Waals surface area contributed by atoms with Crippen molar-refractivity contribution < 1.29 is 26.4 Å². The second kappa shape index (κ2) is 6.15. The highest BCUT2D eigenvalue weighted by Gasteiger charge is 2.37. The number of sulfone groups is 1. The Kier molecular flexibility index (Phi) is 4.81. The summed E-state index contributed by atoms with van der Waals surface area (Å²) in [4.78, 5) is 16.7. The second-order valence-corrected chi connectivity index (χ2v) is 8.40. The van der Waals surface area contributed by atoms with Gasteiger partial charge in [-0.3, -0.25) is 9.69 Å². The van der Waals surface area contributed by atoms with Crippen LogP contribution in [0.2, 0.25) is 0 Å². The molecule has 1 fully saturated rings. The Hall–Kier alpha value is -1.16. The van der Waals surface area contributed by atoms with Gasteiger partial charge in [-0.1, -0.05) is 0 Å². The van der Waals surface area contributed by atoms with E-state index in [0.29, 0.717) is 17.0 Å². The quantitative estimate of drug-likeness (QED) is 0.829. The maximum Gasteiger partial charge on any atom is 0.406 e. The van der Waals surface area contributed by atoms with Crippen molar-refractivity contribution in [2.24, 2.45) is 5.92 Å². The molecular weight excluding hydrogens is 341 g/mol. The molecule has 0 spiro atoms. The molecule has 1 aromatic rings. The zero-order valence-electron chi connectivity index (χ0n) is 11.8. The minimum absolute atomic E-state index is 0.0133. The van der Waals surface area contributed by atoms with Gasteiger partial charge in [-0.15, -0.1) is 11.3 Å². The van der Waals surface area contributed by atoms with Gasteiger partial charge < -0.3 is 0 Å². The topological polar surface area (TPSA) is 67.3 Å². The number of anilines is 1. The maximum atomic E-state index is 12.7. The number of thiazole rings is 1. The normalized spacial score (nSPS) is 21.0. The largest absolute Gasteiger partial charge is 0.406 e. The van der Waals surface area contributed by atoms with E-state index in [9.17, 15) is 26.4 Å². The molecule has 1 aliphatic rings. The molecule has 0 bridgehead atoms. The SMILES string of the molecule is Cc1csc(N(CC(F)(F)F)C(=O)CC2CCS(=O)(=O)C2)n1. The van der Waals surface area contributed by atoms with E-state index in [1.54, 1.807) is 12.3 Å². The van der Waals surface area contributed by atoms with E-state index < -0.39 is 34.4 Å². The molecule has 1 atom stereocenters. The first-order valence-corrected chi connectivity index (χ1v) is 9.25. The molecule has 1 amide bonds. The van der Waals surface area contributed by atoms with Crippen LogP contribution in [0.25, 0.3) is 0 Å². The molecule has 10 heteroatoms. The Morgan fingerprint density at radius 3 is 2.64 bits per heavy atom. The van der Waals surface area contributed by atoms with Crippen molar-refractivity contribution >= 4 is 32.2 Å². The van der Waals surface area contributed by atoms with Gasteiger partial charge in [-0.25, -0.2) is 13.4 Å². The number of nitrogens with zero attached hydrogens (tertiary/aromatic N) is 2. The lowest BCUT2D eigenvalue weighted by atomic mass is 10.0. The van der Waals surface area contributed by atoms with Crippen LogP contribution in [-0.4, -0.2) is 43.5 Å². The number of alkyl halides is 3. The van der Waals surface area contributed by atoms with Gasteiger partial charge in [0.2, 0.25) is 5.91 Å². The van der Waals surface area contributed by atoms with Gasteiger partial charge in [0, 0.05) is 11.8 Å². The number of hydrogen-bond acceptors (Lipinski definition) is 5. The Balaban J connectivity index is 2.13. The molecule has 0 N–H and O–H groups in total. The van der Waals surface area contributed by atoms with Crippen molar-refractivity contribution in [3.05, 3.63) is 11.1 Å². The van der Waals surface area contributed by atoms with Crippen LogP contribution in [0.5, 0.6) is 0 Å². The number of halogens is 3. The summed E-state index contributed by atoms with van der Waals surface area (Å²) in [6.07, 6.45) is -4.45. The smallest absolute Gasteiger partial charge is 0.279 e. The third-order valence-corrected chi connectivity index (χ3v) is 6.08. The molecular formula is C12H15F3N2O3S2. The third-order valence-electron chi connectivity index (χ3n) is 3.27. The van der Waals surface area contributed by atoms with E-state index in [4.69, 9.17) is 0 Å². The lowest BCUT2D eigenvalue weighted by Gasteiger charge is -2.22. The Labute approximate surface area is 130 Å². The molecule has 1 aliphatic heterocycles. The van der Waals surface area contributed by atoms with Crippen LogP contribution >= 0.6 is 11.3 Å². The van der Waals surface area contributed by atoms with E-state index in [0.717, 1.165) is 11.3 Å². The summed E-state index contributed by atoms with van der Waals surface area (Å²) >= 11 is 0.960. The van der Waals surface area contributed by atoms with Crippen LogP contribution in [0.15, 0.2) is 5.38 Å². The third kappa shape index (κ3) is 4.67. The molecule has 124 valence electrons. The zero-order chi connectivity index (χ0) is 16.5. The van der Waals surface area contributed by atoms with Gasteiger partial charge in [0.1, 0.15) is 6.54 Å². The molecule has 5 nitrogen and oxygen atoms in total. The minimum Gasteiger partial charge on any atom is -0.279 e. The van der Waals surface area contributed by atoms with E-state index in [1.807, 2.05) is 0 Å². The highest BCUT2D eigenvalue weighted by Crippen LogP contribution is 2.28. The fourth-order valence-corrected chi connectivity index (χ4v) is 4.98. The molecule has 0 aliphatic carbocycles. The molecule has 1 saturated heterocycles. The van der Waals surface area contributed by atoms with Gasteiger partial charge in [0.05, 0.1) is 17.2 Å². The van der Waals surface area contributed by atoms with E-state index in [2.05, 4.69) is 4.98 Å². The first-order chi connectivity index (χ1) is 10.1. The molecule has 0 aromatic carbocycles. The monoisotopic (exact) mass is 356 g/mol. The fourth-order valence-electron chi connectivity index (χ4n) is 2.30. The summed E-state index contributed by atoms with van der Waals surface area (Å²) in [5.74, 6) is -1.32. The van der Waals surface area contributed by atoms with Gasteiger partial charge in [0.15, 0.2) is 15.0 Å². The predicted octanol–water partition coefficient (Wildman–Crippen LogP) is 2.17. The Morgan fingerprint density at radius 1 is 1.50 bits per heavy atom. The van der Waals surface area contributed by atoms with Gasteiger partial charge in [-0.05, 0) is 19.3 Å². The van der Waals surface area contributed by atoms with Crippen molar-refractivity contribution in [2.75, 3.05) is 23.0 Å². The first-order valence-electron chi connectivity index (χ1n) is 6.55. The molecule has 0 radical (unpaired) electrons. The number of amides is 1. The Bertz CT molecular complexity index is 655. The molecule has 1 unspecified atom stereocenters. The van der Waals surface area contributed by atoms with Gasteiger partial charge in [-0.2, -0.15) is 13.2 Å². The molecule has 2 heterocycles. The van der Waals surface area contributed by atoms with Crippen molar-refractivity contribution in [3.8, 4) is 0 Å². The predicted molar refractivity (Wildman–Crippen MR) is 76.6 cm³/mol. The highest BCUT2D eigenvalue weighted by molar-refractivity contribution is 7.91. The molecule has 1 aromatic heterocycles. The average molecular weight is 356 g/mol. The van der Waals surface area contributed by atoms with Gasteiger partial charge >= 0.3 is 6.18 Å². The number of aromatic nitrogens is 1. The summed E-state index contributed by atoms with van der Waals surface area (Å²) in [6.45, 7) is 0.206. The molecule has 0 saturated carbocycles. The number of carbonyl (C=O) groups is 1. The summed E-state index contributed by atoms with van der Waals surface area (Å²) in [5, 5.41) is 1.55. The number of carbonyl (C=O) groups excluding carboxylic acids is 1. The average Bonchev–Trinajstić information content (AvgIpc) is 2.91.